The van der Waals surface area contributed by atoms with Gasteiger partial charge in [-0.15, -0.1) is 0 Å². The van der Waals surface area contributed by atoms with Crippen LogP contribution in [0, 0.1) is 11.8 Å². The van der Waals surface area contributed by atoms with Crippen molar-refractivity contribution in [3.63, 3.8) is 0 Å². The van der Waals surface area contributed by atoms with E-state index in [2.05, 4.69) is 44.3 Å². The third-order valence-electron chi connectivity index (χ3n) is 7.21. The summed E-state index contributed by atoms with van der Waals surface area (Å²) in [5.74, 6) is 1.54. The minimum Gasteiger partial charge on any atom is -0.462 e. The molecule has 1 saturated carbocycles. The SMILES string of the molecule is C=C(C)C=O.C=C(CO)C(=O)OCCC(CCOC)Cc1ccc(C2CCC(CCCCC)CC2)cc1. The molecule has 0 heterocycles. The van der Waals surface area contributed by atoms with Crippen molar-refractivity contribution < 1.29 is 24.2 Å². The second kappa shape index (κ2) is 19.8. The van der Waals surface area contributed by atoms with E-state index in [1.54, 1.807) is 14.0 Å². The maximum Gasteiger partial charge on any atom is 0.335 e. The minimum atomic E-state index is -0.512. The lowest BCUT2D eigenvalue weighted by atomic mass is 9.77. The average molecular weight is 515 g/mol. The van der Waals surface area contributed by atoms with Gasteiger partial charge in [0.1, 0.15) is 6.29 Å². The Kier molecular flexibility index (Phi) is 17.6. The Morgan fingerprint density at radius 3 is 2.24 bits per heavy atom. The molecule has 5 nitrogen and oxygen atoms in total. The molecule has 1 unspecified atom stereocenters. The number of allylic oxidation sites excluding steroid dienone is 1. The van der Waals surface area contributed by atoms with E-state index in [0.717, 1.165) is 37.4 Å². The molecule has 0 radical (unpaired) electrons. The summed E-state index contributed by atoms with van der Waals surface area (Å²) in [4.78, 5) is 21.1. The van der Waals surface area contributed by atoms with E-state index in [4.69, 9.17) is 14.6 Å². The molecule has 1 N–H and O–H groups in total. The Morgan fingerprint density at radius 2 is 1.70 bits per heavy atom. The maximum atomic E-state index is 11.7. The van der Waals surface area contributed by atoms with Crippen molar-refractivity contribution >= 4 is 12.3 Å². The van der Waals surface area contributed by atoms with Crippen LogP contribution in [-0.2, 0) is 25.5 Å². The molecule has 1 aromatic carbocycles. The molecule has 1 aliphatic carbocycles. The van der Waals surface area contributed by atoms with Crippen molar-refractivity contribution in [3.05, 3.63) is 59.7 Å². The fraction of sp³-hybridized carbons (Fsp3) is 0.625. The zero-order valence-corrected chi connectivity index (χ0v) is 23.5. The number of hydrogen-bond donors (Lipinski definition) is 1. The number of rotatable bonds is 16. The number of ether oxygens (including phenoxy) is 2. The van der Waals surface area contributed by atoms with E-state index in [9.17, 15) is 9.59 Å². The largest absolute Gasteiger partial charge is 0.462 e. The number of methoxy groups -OCH3 is 1. The Bertz CT molecular complexity index is 790. The van der Waals surface area contributed by atoms with Crippen LogP contribution in [0.1, 0.15) is 95.1 Å². The summed E-state index contributed by atoms with van der Waals surface area (Å²) in [5.41, 5.74) is 3.49. The number of aliphatic hydroxyl groups is 1. The highest BCUT2D eigenvalue weighted by atomic mass is 16.5. The van der Waals surface area contributed by atoms with Crippen molar-refractivity contribution in [1.82, 2.24) is 0 Å². The van der Waals surface area contributed by atoms with Crippen LogP contribution in [0.5, 0.6) is 0 Å². The monoisotopic (exact) mass is 514 g/mol. The summed E-state index contributed by atoms with van der Waals surface area (Å²) in [6.07, 6.45) is 14.3. The molecular weight excluding hydrogens is 464 g/mol. The Hall–Kier alpha value is -2.24. The van der Waals surface area contributed by atoms with Gasteiger partial charge in [0.05, 0.1) is 18.8 Å². The lowest BCUT2D eigenvalue weighted by Gasteiger charge is -2.29. The Balaban J connectivity index is 0.00000124. The zero-order valence-electron chi connectivity index (χ0n) is 23.5. The smallest absolute Gasteiger partial charge is 0.335 e. The summed E-state index contributed by atoms with van der Waals surface area (Å²) < 4.78 is 10.5. The van der Waals surface area contributed by atoms with E-state index in [1.807, 2.05) is 0 Å². The van der Waals surface area contributed by atoms with Gasteiger partial charge < -0.3 is 14.6 Å². The van der Waals surface area contributed by atoms with Crippen molar-refractivity contribution in [2.45, 2.75) is 90.4 Å². The van der Waals surface area contributed by atoms with Crippen molar-refractivity contribution in [2.75, 3.05) is 26.9 Å². The fourth-order valence-electron chi connectivity index (χ4n) is 4.84. The Morgan fingerprint density at radius 1 is 1.08 bits per heavy atom. The maximum absolute atomic E-state index is 11.7. The molecule has 0 spiro atoms. The lowest BCUT2D eigenvalue weighted by molar-refractivity contribution is -0.139. The highest BCUT2D eigenvalue weighted by Crippen LogP contribution is 2.38. The van der Waals surface area contributed by atoms with Gasteiger partial charge in [0.15, 0.2) is 0 Å². The molecule has 1 aromatic rings. The highest BCUT2D eigenvalue weighted by molar-refractivity contribution is 5.87. The number of aldehydes is 1. The van der Waals surface area contributed by atoms with Gasteiger partial charge >= 0.3 is 5.97 Å². The first kappa shape index (κ1) is 32.8. The van der Waals surface area contributed by atoms with Gasteiger partial charge in [0, 0.05) is 13.7 Å². The standard InChI is InChI=1S/C28H44O4.C4H6O/c1-4-5-6-7-23-8-12-26(13-9-23)27-14-10-24(11-15-27)20-25(16-18-31-3)17-19-32-28(30)22(2)21-29;1-4(2)3-5/h10-11,14-15,23,25-26,29H,2,4-9,12-13,16-21H2,1,3H3;3H,1H2,2H3. The molecule has 208 valence electrons. The summed E-state index contributed by atoms with van der Waals surface area (Å²) in [6, 6.07) is 9.22. The number of esters is 1. The van der Waals surface area contributed by atoms with Crippen LogP contribution in [0.2, 0.25) is 0 Å². The van der Waals surface area contributed by atoms with Crippen LogP contribution in [0.4, 0.5) is 0 Å². The number of aliphatic hydroxyl groups excluding tert-OH is 1. The third-order valence-corrected chi connectivity index (χ3v) is 7.21. The molecule has 0 aliphatic heterocycles. The molecule has 2 rings (SSSR count). The van der Waals surface area contributed by atoms with Crippen LogP contribution in [0.15, 0.2) is 48.6 Å². The van der Waals surface area contributed by atoms with Crippen LogP contribution in [-0.4, -0.2) is 44.3 Å². The van der Waals surface area contributed by atoms with E-state index in [0.29, 0.717) is 24.7 Å². The van der Waals surface area contributed by atoms with Gasteiger partial charge in [0.25, 0.3) is 0 Å². The normalized spacial score (nSPS) is 17.7. The summed E-state index contributed by atoms with van der Waals surface area (Å²) >= 11 is 0. The van der Waals surface area contributed by atoms with Gasteiger partial charge in [-0.25, -0.2) is 4.79 Å². The second-order valence-electron chi connectivity index (χ2n) is 10.5. The predicted molar refractivity (Wildman–Crippen MR) is 152 cm³/mol. The first-order valence-electron chi connectivity index (χ1n) is 14.0. The van der Waals surface area contributed by atoms with E-state index in [1.165, 1.54) is 62.5 Å². The fourth-order valence-corrected chi connectivity index (χ4v) is 4.84. The average Bonchev–Trinajstić information content (AvgIpc) is 2.92. The zero-order chi connectivity index (χ0) is 27.5. The first-order valence-corrected chi connectivity index (χ1v) is 14.0. The van der Waals surface area contributed by atoms with Gasteiger partial charge in [-0.05, 0) is 86.3 Å². The second-order valence-corrected chi connectivity index (χ2v) is 10.5. The van der Waals surface area contributed by atoms with Gasteiger partial charge in [0.2, 0.25) is 0 Å². The number of benzene rings is 1. The molecule has 5 heteroatoms. The molecule has 37 heavy (non-hydrogen) atoms. The van der Waals surface area contributed by atoms with Crippen LogP contribution < -0.4 is 0 Å². The van der Waals surface area contributed by atoms with Gasteiger partial charge in [-0.1, -0.05) is 70.0 Å². The summed E-state index contributed by atoms with van der Waals surface area (Å²) in [6.45, 7) is 11.4. The molecular formula is C32H50O5. The van der Waals surface area contributed by atoms with Gasteiger partial charge in [-0.2, -0.15) is 0 Å². The quantitative estimate of drug-likeness (QED) is 0.111. The van der Waals surface area contributed by atoms with Crippen LogP contribution >= 0.6 is 0 Å². The van der Waals surface area contributed by atoms with E-state index >= 15 is 0 Å². The summed E-state index contributed by atoms with van der Waals surface area (Å²) in [5, 5.41) is 8.98. The molecule has 0 aromatic heterocycles. The minimum absolute atomic E-state index is 0.101. The first-order chi connectivity index (χ1) is 17.8. The van der Waals surface area contributed by atoms with Crippen molar-refractivity contribution in [1.29, 1.82) is 0 Å². The number of hydrogen-bond acceptors (Lipinski definition) is 5. The Labute approximate surface area is 225 Å². The molecule has 1 fully saturated rings. The van der Waals surface area contributed by atoms with Crippen molar-refractivity contribution in [2.24, 2.45) is 11.8 Å². The van der Waals surface area contributed by atoms with Crippen LogP contribution in [0.25, 0.3) is 0 Å². The molecule has 0 amide bonds. The number of unbranched alkanes of at least 4 members (excludes halogenated alkanes) is 2. The topological polar surface area (TPSA) is 72.8 Å². The predicted octanol–water partition coefficient (Wildman–Crippen LogP) is 6.98. The summed E-state index contributed by atoms with van der Waals surface area (Å²) in [7, 11) is 1.72. The van der Waals surface area contributed by atoms with E-state index < -0.39 is 5.97 Å². The third kappa shape index (κ3) is 14.3. The molecule has 0 saturated heterocycles. The molecule has 1 aliphatic rings. The molecule has 0 bridgehead atoms. The lowest BCUT2D eigenvalue weighted by Crippen LogP contribution is -2.16. The number of carbonyl (C=O) groups excluding carboxylic acids is 2. The van der Waals surface area contributed by atoms with E-state index in [-0.39, 0.29) is 12.2 Å². The highest BCUT2D eigenvalue weighted by Gasteiger charge is 2.22. The van der Waals surface area contributed by atoms with Crippen molar-refractivity contribution in [3.8, 4) is 0 Å². The van der Waals surface area contributed by atoms with Crippen LogP contribution in [0.3, 0.4) is 0 Å². The number of carbonyl (C=O) groups is 2. The molecule has 1 atom stereocenters. The van der Waals surface area contributed by atoms with Gasteiger partial charge in [-0.3, -0.25) is 4.79 Å².